The number of rotatable bonds is 6. The molecule has 5 heteroatoms. The molecule has 1 aliphatic rings. The van der Waals surface area contributed by atoms with Crippen molar-refractivity contribution in [2.75, 3.05) is 19.8 Å². The topological polar surface area (TPSA) is 53.6 Å². The molecule has 0 atom stereocenters. The highest BCUT2D eigenvalue weighted by Gasteiger charge is 2.20. The van der Waals surface area contributed by atoms with Gasteiger partial charge in [-0.3, -0.25) is 4.90 Å². The van der Waals surface area contributed by atoms with Crippen LogP contribution in [0.4, 0.5) is 4.79 Å². The van der Waals surface area contributed by atoms with Gasteiger partial charge in [0.25, 0.3) is 0 Å². The molecule has 1 aliphatic heterocycles. The first-order valence-electron chi connectivity index (χ1n) is 9.61. The Morgan fingerprint density at radius 3 is 2.56 bits per heavy atom. The monoisotopic (exact) mass is 367 g/mol. The number of nitrogens with zero attached hydrogens (tertiary/aromatic N) is 1. The quantitative estimate of drug-likeness (QED) is 0.767. The molecule has 1 saturated heterocycles. The molecule has 0 aromatic heterocycles. The third-order valence-electron chi connectivity index (χ3n) is 5.19. The van der Waals surface area contributed by atoms with Crippen LogP contribution in [0.2, 0.25) is 0 Å². The van der Waals surface area contributed by atoms with Crippen molar-refractivity contribution in [1.29, 1.82) is 0 Å². The molecule has 1 heterocycles. The molecule has 2 N–H and O–H groups in total. The SMILES string of the molecule is Cc1cccc(OCNC(=O)NC2CCN(Cc3ccccc3)CC2)c1C. The van der Waals surface area contributed by atoms with Crippen molar-refractivity contribution >= 4 is 6.03 Å². The van der Waals surface area contributed by atoms with Crippen LogP contribution in [-0.4, -0.2) is 36.8 Å². The highest BCUT2D eigenvalue weighted by Crippen LogP contribution is 2.20. The lowest BCUT2D eigenvalue weighted by atomic mass is 10.0. The van der Waals surface area contributed by atoms with E-state index >= 15 is 0 Å². The summed E-state index contributed by atoms with van der Waals surface area (Å²) in [6.07, 6.45) is 1.94. The van der Waals surface area contributed by atoms with Crippen LogP contribution in [0.5, 0.6) is 5.75 Å². The number of nitrogens with one attached hydrogen (secondary N) is 2. The number of carbonyl (C=O) groups is 1. The van der Waals surface area contributed by atoms with Gasteiger partial charge < -0.3 is 15.4 Å². The number of piperidine rings is 1. The molecule has 0 bridgehead atoms. The Balaban J connectivity index is 1.35. The standard InChI is InChI=1S/C22H29N3O2/c1-17-7-6-10-21(18(17)2)27-16-23-22(26)24-20-11-13-25(14-12-20)15-19-8-4-3-5-9-19/h3-10,20H,11-16H2,1-2H3,(H2,23,24,26). The number of amides is 2. The van der Waals surface area contributed by atoms with E-state index < -0.39 is 0 Å². The van der Waals surface area contributed by atoms with Crippen LogP contribution >= 0.6 is 0 Å². The molecule has 3 rings (SSSR count). The summed E-state index contributed by atoms with van der Waals surface area (Å²) in [4.78, 5) is 14.5. The van der Waals surface area contributed by atoms with Gasteiger partial charge in [-0.1, -0.05) is 42.5 Å². The highest BCUT2D eigenvalue weighted by atomic mass is 16.5. The van der Waals surface area contributed by atoms with E-state index in [1.807, 2.05) is 38.1 Å². The van der Waals surface area contributed by atoms with Crippen molar-refractivity contribution in [2.45, 2.75) is 39.3 Å². The molecule has 144 valence electrons. The summed E-state index contributed by atoms with van der Waals surface area (Å²) in [5.41, 5.74) is 3.62. The third kappa shape index (κ3) is 5.73. The molecule has 0 radical (unpaired) electrons. The number of urea groups is 1. The van der Waals surface area contributed by atoms with Gasteiger partial charge in [0.15, 0.2) is 6.73 Å². The van der Waals surface area contributed by atoms with Gasteiger partial charge in [0.05, 0.1) is 0 Å². The Kier molecular flexibility index (Phi) is 6.71. The molecular weight excluding hydrogens is 338 g/mol. The predicted octanol–water partition coefficient (Wildman–Crippen LogP) is 3.60. The largest absolute Gasteiger partial charge is 0.473 e. The van der Waals surface area contributed by atoms with Gasteiger partial charge in [-0.05, 0) is 49.4 Å². The Morgan fingerprint density at radius 1 is 1.07 bits per heavy atom. The summed E-state index contributed by atoms with van der Waals surface area (Å²) in [7, 11) is 0. The summed E-state index contributed by atoms with van der Waals surface area (Å²) in [6, 6.07) is 16.5. The Morgan fingerprint density at radius 2 is 1.81 bits per heavy atom. The zero-order valence-electron chi connectivity index (χ0n) is 16.2. The normalized spacial score (nSPS) is 15.3. The first-order chi connectivity index (χ1) is 13.1. The molecule has 2 aromatic carbocycles. The Bertz CT molecular complexity index is 740. The van der Waals surface area contributed by atoms with E-state index in [0.717, 1.165) is 43.8 Å². The maximum atomic E-state index is 12.1. The van der Waals surface area contributed by atoms with Gasteiger partial charge in [0.1, 0.15) is 5.75 Å². The fraction of sp³-hybridized carbons (Fsp3) is 0.409. The van der Waals surface area contributed by atoms with Gasteiger partial charge in [-0.2, -0.15) is 0 Å². The van der Waals surface area contributed by atoms with Crippen molar-refractivity contribution < 1.29 is 9.53 Å². The van der Waals surface area contributed by atoms with Crippen molar-refractivity contribution in [1.82, 2.24) is 15.5 Å². The number of hydrogen-bond acceptors (Lipinski definition) is 3. The minimum atomic E-state index is -0.165. The van der Waals surface area contributed by atoms with E-state index in [-0.39, 0.29) is 18.8 Å². The van der Waals surface area contributed by atoms with Gasteiger partial charge in [-0.15, -0.1) is 0 Å². The van der Waals surface area contributed by atoms with Crippen LogP contribution in [0.1, 0.15) is 29.5 Å². The predicted molar refractivity (Wildman–Crippen MR) is 108 cm³/mol. The number of benzene rings is 2. The first kappa shape index (κ1) is 19.2. The second-order valence-corrected chi connectivity index (χ2v) is 7.17. The van der Waals surface area contributed by atoms with Crippen molar-refractivity contribution in [3.8, 4) is 5.75 Å². The smallest absolute Gasteiger partial charge is 0.317 e. The third-order valence-corrected chi connectivity index (χ3v) is 5.19. The number of aryl methyl sites for hydroxylation is 1. The maximum absolute atomic E-state index is 12.1. The summed E-state index contributed by atoms with van der Waals surface area (Å²) in [6.45, 7) is 7.21. The lowest BCUT2D eigenvalue weighted by molar-refractivity contribution is 0.183. The zero-order valence-corrected chi connectivity index (χ0v) is 16.2. The number of likely N-dealkylation sites (tertiary alicyclic amines) is 1. The number of ether oxygens (including phenoxy) is 1. The second kappa shape index (κ2) is 9.42. The first-order valence-corrected chi connectivity index (χ1v) is 9.61. The van der Waals surface area contributed by atoms with Crippen LogP contribution in [-0.2, 0) is 6.54 Å². The summed E-state index contributed by atoms with van der Waals surface area (Å²) in [5, 5.41) is 5.85. The highest BCUT2D eigenvalue weighted by molar-refractivity contribution is 5.74. The van der Waals surface area contributed by atoms with E-state index in [4.69, 9.17) is 4.74 Å². The lowest BCUT2D eigenvalue weighted by Gasteiger charge is -2.32. The van der Waals surface area contributed by atoms with E-state index in [1.54, 1.807) is 0 Å². The molecule has 0 aliphatic carbocycles. The van der Waals surface area contributed by atoms with Crippen LogP contribution in [0.15, 0.2) is 48.5 Å². The molecule has 0 spiro atoms. The fourth-order valence-corrected chi connectivity index (χ4v) is 3.37. The fourth-order valence-electron chi connectivity index (χ4n) is 3.37. The summed E-state index contributed by atoms with van der Waals surface area (Å²) >= 11 is 0. The minimum Gasteiger partial charge on any atom is -0.473 e. The summed E-state index contributed by atoms with van der Waals surface area (Å²) < 4.78 is 5.68. The number of hydrogen-bond donors (Lipinski definition) is 2. The molecule has 5 nitrogen and oxygen atoms in total. The van der Waals surface area contributed by atoms with Gasteiger partial charge in [0, 0.05) is 25.7 Å². The van der Waals surface area contributed by atoms with Gasteiger partial charge in [-0.25, -0.2) is 4.79 Å². The van der Waals surface area contributed by atoms with E-state index in [0.29, 0.717) is 0 Å². The molecule has 27 heavy (non-hydrogen) atoms. The lowest BCUT2D eigenvalue weighted by Crippen LogP contribution is -2.48. The number of carbonyl (C=O) groups excluding carboxylic acids is 1. The van der Waals surface area contributed by atoms with Crippen molar-refractivity contribution in [3.63, 3.8) is 0 Å². The average Bonchev–Trinajstić information content (AvgIpc) is 2.67. The van der Waals surface area contributed by atoms with E-state index in [1.165, 1.54) is 11.1 Å². The van der Waals surface area contributed by atoms with E-state index in [2.05, 4.69) is 39.8 Å². The zero-order chi connectivity index (χ0) is 19.1. The molecular formula is C22H29N3O2. The Labute approximate surface area is 161 Å². The molecule has 0 unspecified atom stereocenters. The van der Waals surface area contributed by atoms with Crippen LogP contribution < -0.4 is 15.4 Å². The van der Waals surface area contributed by atoms with Crippen LogP contribution in [0.25, 0.3) is 0 Å². The minimum absolute atomic E-state index is 0.165. The average molecular weight is 367 g/mol. The summed E-state index contributed by atoms with van der Waals surface area (Å²) in [5.74, 6) is 0.810. The van der Waals surface area contributed by atoms with Gasteiger partial charge >= 0.3 is 6.03 Å². The Hall–Kier alpha value is -2.53. The van der Waals surface area contributed by atoms with Crippen molar-refractivity contribution in [3.05, 3.63) is 65.2 Å². The second-order valence-electron chi connectivity index (χ2n) is 7.17. The van der Waals surface area contributed by atoms with E-state index in [9.17, 15) is 4.79 Å². The molecule has 2 amide bonds. The molecule has 0 saturated carbocycles. The van der Waals surface area contributed by atoms with Crippen LogP contribution in [0.3, 0.4) is 0 Å². The molecule has 1 fully saturated rings. The van der Waals surface area contributed by atoms with Gasteiger partial charge in [0.2, 0.25) is 0 Å². The van der Waals surface area contributed by atoms with Crippen LogP contribution in [0, 0.1) is 13.8 Å². The van der Waals surface area contributed by atoms with Crippen molar-refractivity contribution in [2.24, 2.45) is 0 Å². The maximum Gasteiger partial charge on any atom is 0.317 e. The molecule has 2 aromatic rings.